The summed E-state index contributed by atoms with van der Waals surface area (Å²) in [7, 11) is 0. The number of pyridine rings is 1. The van der Waals surface area contributed by atoms with E-state index in [1.165, 1.54) is 38.9 Å². The number of benzene rings is 3. The zero-order chi connectivity index (χ0) is 18.2. The van der Waals surface area contributed by atoms with Gasteiger partial charge >= 0.3 is 0 Å². The third-order valence-corrected chi connectivity index (χ3v) is 6.85. The molecular weight excluding hydrogens is 474 g/mol. The van der Waals surface area contributed by atoms with Crippen LogP contribution in [0.3, 0.4) is 0 Å². The lowest BCUT2D eigenvalue weighted by atomic mass is 9.71. The van der Waals surface area contributed by atoms with E-state index in [2.05, 4.69) is 105 Å². The number of rotatable bonds is 0. The maximum absolute atomic E-state index is 4.79. The van der Waals surface area contributed by atoms with Gasteiger partial charge in [0.1, 0.15) is 0 Å². The number of halogens is 2. The van der Waals surface area contributed by atoms with Crippen LogP contribution in [0.25, 0.3) is 22.4 Å². The van der Waals surface area contributed by atoms with Gasteiger partial charge in [0.05, 0.1) is 11.1 Å². The smallest absolute Gasteiger partial charge is 0.0753 e. The summed E-state index contributed by atoms with van der Waals surface area (Å²) < 4.78 is 2.20. The van der Waals surface area contributed by atoms with Gasteiger partial charge in [-0.05, 0) is 63.7 Å². The Bertz CT molecular complexity index is 1160. The van der Waals surface area contributed by atoms with Crippen molar-refractivity contribution in [3.8, 4) is 22.4 Å². The van der Waals surface area contributed by atoms with Gasteiger partial charge in [-0.15, -0.1) is 0 Å². The molecule has 0 fully saturated rings. The van der Waals surface area contributed by atoms with Crippen LogP contribution < -0.4 is 0 Å². The van der Waals surface area contributed by atoms with Crippen LogP contribution in [0.2, 0.25) is 0 Å². The molecular formula is C25H17Br2N. The van der Waals surface area contributed by atoms with Crippen molar-refractivity contribution in [2.75, 3.05) is 0 Å². The Labute approximate surface area is 181 Å². The summed E-state index contributed by atoms with van der Waals surface area (Å²) in [6.07, 6.45) is 1.90. The van der Waals surface area contributed by atoms with Crippen molar-refractivity contribution < 1.29 is 0 Å². The first-order chi connectivity index (χ1) is 13.2. The van der Waals surface area contributed by atoms with Crippen LogP contribution in [0.1, 0.15) is 29.7 Å². The first-order valence-corrected chi connectivity index (χ1v) is 10.5. The van der Waals surface area contributed by atoms with Gasteiger partial charge in [0, 0.05) is 20.7 Å². The molecule has 4 aromatic rings. The minimum Gasteiger partial charge on any atom is -0.256 e. The predicted octanol–water partition coefficient (Wildman–Crippen LogP) is 7.59. The van der Waals surface area contributed by atoms with E-state index < -0.39 is 0 Å². The third-order valence-electron chi connectivity index (χ3n) is 5.86. The van der Waals surface area contributed by atoms with Crippen LogP contribution >= 0.6 is 31.9 Å². The van der Waals surface area contributed by atoms with Crippen molar-refractivity contribution in [2.45, 2.75) is 12.8 Å². The van der Waals surface area contributed by atoms with Crippen molar-refractivity contribution in [1.82, 2.24) is 4.98 Å². The Morgan fingerprint density at radius 1 is 0.607 bits per heavy atom. The molecule has 2 aliphatic carbocycles. The van der Waals surface area contributed by atoms with Crippen molar-refractivity contribution in [3.63, 3.8) is 0 Å². The highest BCUT2D eigenvalue weighted by atomic mass is 79.9. The Morgan fingerprint density at radius 2 is 1.21 bits per heavy atom. The molecule has 0 saturated heterocycles. The number of aromatic nitrogens is 1. The summed E-state index contributed by atoms with van der Waals surface area (Å²) in [5.74, 6) is 0. The molecule has 0 unspecified atom stereocenters. The highest BCUT2D eigenvalue weighted by Gasteiger charge is 2.52. The molecule has 0 aliphatic heterocycles. The average molecular weight is 491 g/mol. The van der Waals surface area contributed by atoms with Crippen molar-refractivity contribution in [1.29, 1.82) is 0 Å². The van der Waals surface area contributed by atoms with Crippen LogP contribution in [0.15, 0.2) is 87.9 Å². The van der Waals surface area contributed by atoms with Crippen LogP contribution in [0.4, 0.5) is 0 Å². The molecule has 1 nitrogen and oxygen atoms in total. The van der Waals surface area contributed by atoms with E-state index in [4.69, 9.17) is 4.98 Å². The monoisotopic (exact) mass is 489 g/mol. The lowest BCUT2D eigenvalue weighted by Crippen LogP contribution is -2.26. The van der Waals surface area contributed by atoms with Gasteiger partial charge in [0.25, 0.3) is 0 Å². The van der Waals surface area contributed by atoms with Gasteiger partial charge in [-0.25, -0.2) is 0 Å². The molecule has 28 heavy (non-hydrogen) atoms. The fourth-order valence-electron chi connectivity index (χ4n) is 4.93. The summed E-state index contributed by atoms with van der Waals surface area (Å²) in [5.41, 5.74) is 9.82. The van der Waals surface area contributed by atoms with Gasteiger partial charge < -0.3 is 0 Å². The molecule has 3 heteroatoms. The Kier molecular flexibility index (Phi) is 3.91. The number of fused-ring (bicyclic) bond motifs is 10. The summed E-state index contributed by atoms with van der Waals surface area (Å²) in [6, 6.07) is 26.3. The molecule has 0 bridgehead atoms. The Morgan fingerprint density at radius 3 is 1.89 bits per heavy atom. The van der Waals surface area contributed by atoms with Gasteiger partial charge in [0.2, 0.25) is 0 Å². The van der Waals surface area contributed by atoms with Crippen LogP contribution in [0, 0.1) is 0 Å². The molecule has 0 atom stereocenters. The topological polar surface area (TPSA) is 12.9 Å². The molecule has 2 aliphatic rings. The molecule has 6 rings (SSSR count). The van der Waals surface area contributed by atoms with E-state index in [0.717, 1.165) is 14.6 Å². The van der Waals surface area contributed by atoms with E-state index in [1.807, 2.05) is 6.20 Å². The second-order valence-electron chi connectivity index (χ2n) is 7.07. The van der Waals surface area contributed by atoms with Gasteiger partial charge in [-0.2, -0.15) is 0 Å². The molecule has 0 N–H and O–H groups in total. The lowest BCUT2D eigenvalue weighted by Gasteiger charge is -2.30. The maximum atomic E-state index is 4.79. The molecule has 136 valence electrons. The van der Waals surface area contributed by atoms with E-state index in [9.17, 15) is 0 Å². The number of hydrogen-bond acceptors (Lipinski definition) is 1. The highest BCUT2D eigenvalue weighted by molar-refractivity contribution is 9.10. The molecule has 0 saturated carbocycles. The number of hydrogen-bond donors (Lipinski definition) is 0. The molecule has 3 aromatic carbocycles. The van der Waals surface area contributed by atoms with E-state index >= 15 is 0 Å². The fourth-order valence-corrected chi connectivity index (χ4v) is 5.66. The van der Waals surface area contributed by atoms with Crippen molar-refractivity contribution >= 4 is 31.9 Å². The van der Waals surface area contributed by atoms with Gasteiger partial charge in [-0.1, -0.05) is 81.8 Å². The normalized spacial score (nSPS) is 14.1. The van der Waals surface area contributed by atoms with Crippen molar-refractivity contribution in [3.05, 3.63) is 110 Å². The largest absolute Gasteiger partial charge is 0.256 e. The van der Waals surface area contributed by atoms with Crippen molar-refractivity contribution in [2.24, 2.45) is 0 Å². The Hall–Kier alpha value is -2.23. The third kappa shape index (κ3) is 2.04. The molecule has 1 aromatic heterocycles. The second kappa shape index (κ2) is 6.13. The zero-order valence-corrected chi connectivity index (χ0v) is 17.4. The quantitative estimate of drug-likeness (QED) is 0.214. The SMILES string of the molecule is Brc1ccc2c(c1)C1(c3cc(Br)ccc3-2)c2ccccc2-c2ncccc21.C. The lowest BCUT2D eigenvalue weighted by molar-refractivity contribution is 0.790. The van der Waals surface area contributed by atoms with Gasteiger partial charge in [-0.3, -0.25) is 4.98 Å². The molecule has 1 heterocycles. The van der Waals surface area contributed by atoms with E-state index in [1.54, 1.807) is 0 Å². The van der Waals surface area contributed by atoms with Crippen LogP contribution in [-0.2, 0) is 5.41 Å². The second-order valence-corrected chi connectivity index (χ2v) is 8.91. The minimum atomic E-state index is -0.321. The first kappa shape index (κ1) is 17.8. The molecule has 1 spiro atoms. The van der Waals surface area contributed by atoms with E-state index in [-0.39, 0.29) is 12.8 Å². The summed E-state index contributed by atoms with van der Waals surface area (Å²) in [5, 5.41) is 0. The number of nitrogens with zero attached hydrogens (tertiary/aromatic N) is 1. The first-order valence-electron chi connectivity index (χ1n) is 8.87. The summed E-state index contributed by atoms with van der Waals surface area (Å²) in [6.45, 7) is 0. The minimum absolute atomic E-state index is 0. The van der Waals surface area contributed by atoms with E-state index in [0.29, 0.717) is 0 Å². The average Bonchev–Trinajstić information content (AvgIpc) is 3.14. The standard InChI is InChI=1S/C24H13Br2N.CH4/c25-14-7-9-16-17-10-8-15(26)13-22(17)24(21(16)12-14)19-5-2-1-4-18(19)23-20(24)6-3-11-27-23;/h1-13H;1H4. The highest BCUT2D eigenvalue weighted by Crippen LogP contribution is 2.62. The van der Waals surface area contributed by atoms with Crippen LogP contribution in [-0.4, -0.2) is 4.98 Å². The molecule has 0 amide bonds. The predicted molar refractivity (Wildman–Crippen MR) is 123 cm³/mol. The fraction of sp³-hybridized carbons (Fsp3) is 0.0800. The summed E-state index contributed by atoms with van der Waals surface area (Å²) in [4.78, 5) is 4.79. The Balaban J connectivity index is 0.00000171. The van der Waals surface area contributed by atoms with Gasteiger partial charge in [0.15, 0.2) is 0 Å². The van der Waals surface area contributed by atoms with Crippen LogP contribution in [0.5, 0.6) is 0 Å². The maximum Gasteiger partial charge on any atom is 0.0753 e. The zero-order valence-electron chi connectivity index (χ0n) is 14.2. The molecule has 0 radical (unpaired) electrons. The summed E-state index contributed by atoms with van der Waals surface area (Å²) >= 11 is 7.42.